The van der Waals surface area contributed by atoms with Crippen LogP contribution in [0.1, 0.15) is 78.2 Å². The molecule has 0 aromatic heterocycles. The number of carbonyl (C=O) groups excluding carboxylic acids is 3. The van der Waals surface area contributed by atoms with E-state index in [0.29, 0.717) is 18.8 Å². The number of ketones is 1. The van der Waals surface area contributed by atoms with Gasteiger partial charge in [0.25, 0.3) is 11.7 Å². The van der Waals surface area contributed by atoms with Crippen LogP contribution in [-0.2, 0) is 23.8 Å². The van der Waals surface area contributed by atoms with Crippen LogP contribution < -0.4 is 15.0 Å². The Balaban J connectivity index is 1.95. The molecule has 3 aliphatic heterocycles. The Morgan fingerprint density at radius 2 is 1.61 bits per heavy atom. The molecule has 0 radical (unpaired) electrons. The van der Waals surface area contributed by atoms with E-state index in [0.717, 1.165) is 0 Å². The summed E-state index contributed by atoms with van der Waals surface area (Å²) in [6.07, 6.45) is 4.02. The van der Waals surface area contributed by atoms with Gasteiger partial charge in [-0.25, -0.2) is 0 Å². The molecule has 9 atom stereocenters. The van der Waals surface area contributed by atoms with Gasteiger partial charge >= 0.3 is 11.8 Å². The second-order valence-electron chi connectivity index (χ2n) is 14.6. The van der Waals surface area contributed by atoms with E-state index < -0.39 is 77.3 Å². The molecule has 13 nitrogen and oxygen atoms in total. The quantitative estimate of drug-likeness (QED) is 0.180. The van der Waals surface area contributed by atoms with Gasteiger partial charge in [0, 0.05) is 79.9 Å². The molecule has 1 amide bonds. The number of hydrogen-bond acceptors (Lipinski definition) is 12. The van der Waals surface area contributed by atoms with Gasteiger partial charge < -0.3 is 49.6 Å². The van der Waals surface area contributed by atoms with Crippen LogP contribution in [0.4, 0.5) is 11.4 Å². The summed E-state index contributed by atoms with van der Waals surface area (Å²) in [6, 6.07) is 1.57. The number of esters is 1. The van der Waals surface area contributed by atoms with Gasteiger partial charge in [0.1, 0.15) is 17.6 Å². The van der Waals surface area contributed by atoms with Crippen LogP contribution in [-0.4, -0.2) is 88.5 Å². The summed E-state index contributed by atoms with van der Waals surface area (Å²) < 4.78 is 23.7. The molecule has 5 N–H and O–H groups in total. The monoisotopic (exact) mass is 752 g/mol. The molecule has 3 aliphatic rings. The molecule has 0 aliphatic carbocycles. The van der Waals surface area contributed by atoms with Crippen molar-refractivity contribution < 1.29 is 53.8 Å². The number of benzene rings is 2. The minimum absolute atomic E-state index is 0.0241. The lowest BCUT2D eigenvalue weighted by Crippen LogP contribution is -2.46. The number of methoxy groups -OCH3 is 1. The molecule has 2 aromatic carbocycles. The van der Waals surface area contributed by atoms with E-state index in [9.17, 15) is 34.8 Å². The molecule has 2 aromatic rings. The highest BCUT2D eigenvalue weighted by atomic mass is 16.7. The maximum absolute atomic E-state index is 14.4. The Morgan fingerprint density at radius 1 is 0.963 bits per heavy atom. The minimum atomic E-state index is -1.90. The molecule has 9 unspecified atom stereocenters. The number of Topliss-reactive ketones (excluding diaryl/α,β-unsaturated/α-hetero) is 1. The van der Waals surface area contributed by atoms with Gasteiger partial charge in [0.2, 0.25) is 0 Å². The Bertz CT molecular complexity index is 1850. The molecule has 0 fully saturated rings. The number of phenols is 2. The number of anilines is 2. The van der Waals surface area contributed by atoms with Crippen LogP contribution in [0.2, 0.25) is 0 Å². The molecule has 5 rings (SSSR count). The summed E-state index contributed by atoms with van der Waals surface area (Å²) in [4.78, 5) is 42.1. The topological polar surface area (TPSA) is 184 Å². The van der Waals surface area contributed by atoms with Crippen LogP contribution in [0.25, 0.3) is 10.8 Å². The summed E-state index contributed by atoms with van der Waals surface area (Å²) in [5.41, 5.74) is 1.06. The predicted molar refractivity (Wildman–Crippen MR) is 206 cm³/mol. The number of allylic oxidation sites excluding steroid dienone is 2. The smallest absolute Gasteiger partial charge is 0.312 e. The van der Waals surface area contributed by atoms with E-state index in [4.69, 9.17) is 18.9 Å². The second kappa shape index (κ2) is 16.8. The third-order valence-electron chi connectivity index (χ3n) is 10.9. The minimum Gasteiger partial charge on any atom is -0.507 e. The van der Waals surface area contributed by atoms with Gasteiger partial charge in [-0.1, -0.05) is 45.9 Å². The molecule has 296 valence electrons. The molecule has 3 heterocycles. The summed E-state index contributed by atoms with van der Waals surface area (Å²) in [5, 5.41) is 49.0. The third-order valence-corrected chi connectivity index (χ3v) is 10.9. The number of amides is 1. The van der Waals surface area contributed by atoms with Gasteiger partial charge in [0.15, 0.2) is 5.75 Å². The van der Waals surface area contributed by atoms with Crippen molar-refractivity contribution in [2.24, 2.45) is 23.7 Å². The van der Waals surface area contributed by atoms with E-state index in [1.165, 1.54) is 27.2 Å². The van der Waals surface area contributed by atoms with Crippen molar-refractivity contribution in [3.63, 3.8) is 0 Å². The average Bonchev–Trinajstić information content (AvgIpc) is 3.40. The number of hydrogen-bond donors (Lipinski definition) is 5. The van der Waals surface area contributed by atoms with Crippen LogP contribution in [0.5, 0.6) is 17.2 Å². The first-order valence-electron chi connectivity index (χ1n) is 18.5. The van der Waals surface area contributed by atoms with E-state index in [1.54, 1.807) is 71.9 Å². The van der Waals surface area contributed by atoms with Gasteiger partial charge in [-0.3, -0.25) is 14.4 Å². The molecule has 0 spiro atoms. The first-order chi connectivity index (χ1) is 25.3. The number of phenolic OH excluding ortho intramolecular Hbond substituents is 2. The number of rotatable bonds is 5. The first kappa shape index (κ1) is 42.2. The fourth-order valence-corrected chi connectivity index (χ4v) is 7.46. The number of ether oxygens (including phenoxy) is 4. The molecule has 13 heteroatoms. The Kier molecular flexibility index (Phi) is 13.1. The highest BCUT2D eigenvalue weighted by Crippen LogP contribution is 2.54. The number of aliphatic hydroxyl groups is 2. The van der Waals surface area contributed by atoms with Crippen molar-refractivity contribution in [1.82, 2.24) is 0 Å². The molecular weight excluding hydrogens is 696 g/mol. The highest BCUT2D eigenvalue weighted by Gasteiger charge is 2.49. The van der Waals surface area contributed by atoms with Crippen molar-refractivity contribution in [3.8, 4) is 17.2 Å². The zero-order valence-corrected chi connectivity index (χ0v) is 33.1. The normalized spacial score (nSPS) is 31.6. The predicted octanol–water partition coefficient (Wildman–Crippen LogP) is 5.89. The van der Waals surface area contributed by atoms with Crippen LogP contribution in [0, 0.1) is 30.6 Å². The Morgan fingerprint density at radius 3 is 2.20 bits per heavy atom. The van der Waals surface area contributed by atoms with Crippen LogP contribution in [0.15, 0.2) is 42.2 Å². The lowest BCUT2D eigenvalue weighted by molar-refractivity contribution is -0.160. The fraction of sp³-hybridized carbons (Fsp3) is 0.537. The number of aromatic hydroxyl groups is 2. The number of aliphatic hydroxyl groups excluding tert-OH is 2. The summed E-state index contributed by atoms with van der Waals surface area (Å²) >= 11 is 0. The van der Waals surface area contributed by atoms with E-state index in [2.05, 4.69) is 5.32 Å². The van der Waals surface area contributed by atoms with Crippen molar-refractivity contribution in [2.75, 3.05) is 30.4 Å². The van der Waals surface area contributed by atoms with Gasteiger partial charge in [-0.05, 0) is 39.8 Å². The number of nitrogens with one attached hydrogen (secondary N) is 1. The van der Waals surface area contributed by atoms with Crippen LogP contribution >= 0.6 is 0 Å². The van der Waals surface area contributed by atoms with Gasteiger partial charge in [0.05, 0.1) is 41.2 Å². The number of carbonyl (C=O) groups is 3. The molecule has 0 saturated heterocycles. The largest absolute Gasteiger partial charge is 0.507 e. The average molecular weight is 753 g/mol. The van der Waals surface area contributed by atoms with Gasteiger partial charge in [-0.2, -0.15) is 0 Å². The molecule has 5 bridgehead atoms. The van der Waals surface area contributed by atoms with Gasteiger partial charge in [-0.15, -0.1) is 0 Å². The van der Waals surface area contributed by atoms with E-state index >= 15 is 0 Å². The SMILES string of the molecule is CCN(CC)c1cc2c(O)c3c(O)c(C)c4c(c13)C(=O)C(C)(O/C=C\C(OC)C(C)C(OC(C)=O)C(C)C(O)C(C)C(O)C(C)/C=C\C=C(\C)C(=O)N2)O4. The molecule has 0 saturated carbocycles. The van der Waals surface area contributed by atoms with Crippen molar-refractivity contribution in [3.05, 3.63) is 53.3 Å². The second-order valence-corrected chi connectivity index (χ2v) is 14.6. The lowest BCUT2D eigenvalue weighted by Gasteiger charge is -2.38. The first-order valence-corrected chi connectivity index (χ1v) is 18.5. The summed E-state index contributed by atoms with van der Waals surface area (Å²) in [5.74, 6) is -6.56. The zero-order valence-electron chi connectivity index (χ0n) is 33.1. The van der Waals surface area contributed by atoms with E-state index in [1.807, 2.05) is 18.7 Å². The third kappa shape index (κ3) is 7.94. The maximum Gasteiger partial charge on any atom is 0.312 e. The van der Waals surface area contributed by atoms with Crippen molar-refractivity contribution >= 4 is 39.8 Å². The fourth-order valence-electron chi connectivity index (χ4n) is 7.46. The number of fused-ring (bicyclic) bond motifs is 14. The standard InChI is InChI=1S/C41H56N2O11/c1-12-43(13-2)28-19-27-36(48)31-30(28)32-38(25(8)35(31)47)54-41(10,39(32)49)52-18-17-29(51-11)22(5)37(53-26(9)44)24(7)34(46)23(6)33(45)20(3)15-14-16-21(4)40(50)42-27/h14-20,22-24,29,33-34,37,45-48H,12-13H2,1-11H3,(H,42,50)/b15-14-,18-17-,21-16-. The zero-order chi connectivity index (χ0) is 40.4. The lowest BCUT2D eigenvalue weighted by atomic mass is 9.78. The Labute approximate surface area is 317 Å². The molecule has 54 heavy (non-hydrogen) atoms. The number of nitrogens with zero attached hydrogens (tertiary/aromatic N) is 1. The Hall–Kier alpha value is -4.59. The van der Waals surface area contributed by atoms with E-state index in [-0.39, 0.29) is 44.7 Å². The van der Waals surface area contributed by atoms with Crippen molar-refractivity contribution in [1.29, 1.82) is 0 Å². The van der Waals surface area contributed by atoms with Crippen LogP contribution in [0.3, 0.4) is 0 Å². The maximum atomic E-state index is 14.4. The summed E-state index contributed by atoms with van der Waals surface area (Å²) in [6.45, 7) is 17.7. The van der Waals surface area contributed by atoms with Crippen molar-refractivity contribution in [2.45, 2.75) is 99.4 Å². The highest BCUT2D eigenvalue weighted by molar-refractivity contribution is 6.23. The molecular formula is C41H56N2O11. The summed E-state index contributed by atoms with van der Waals surface area (Å²) in [7, 11) is 1.47.